The first-order valence-electron chi connectivity index (χ1n) is 2.76. The van der Waals surface area contributed by atoms with Crippen molar-refractivity contribution in [2.45, 2.75) is 26.7 Å². The molecule has 0 aliphatic rings. The summed E-state index contributed by atoms with van der Waals surface area (Å²) < 4.78 is 0. The molecule has 0 amide bonds. The number of ketones is 1. The standard InChI is InChI=1S/C7H12O/c1-6(2)4-5-7(3)8/h1,4-5H2,2-3H3. The van der Waals surface area contributed by atoms with Crippen LogP contribution in [0.4, 0.5) is 0 Å². The molecule has 0 N–H and O–H groups in total. The molecule has 0 saturated carbocycles. The SMILES string of the molecule is C=C(C)CCC(C)=O. The summed E-state index contributed by atoms with van der Waals surface area (Å²) in [5, 5.41) is 0. The van der Waals surface area contributed by atoms with Gasteiger partial charge in [0.05, 0.1) is 0 Å². The number of Topliss-reactive ketones (excluding diaryl/α,β-unsaturated/α-hetero) is 1. The Morgan fingerprint density at radius 2 is 1.88 bits per heavy atom. The molecule has 0 rings (SSSR count). The molecule has 8 heavy (non-hydrogen) atoms. The van der Waals surface area contributed by atoms with Crippen molar-refractivity contribution >= 4 is 5.78 Å². The van der Waals surface area contributed by atoms with Crippen LogP contribution in [0.2, 0.25) is 0 Å². The summed E-state index contributed by atoms with van der Waals surface area (Å²) in [6, 6.07) is 0. The third-order valence-corrected chi connectivity index (χ3v) is 0.904. The van der Waals surface area contributed by atoms with E-state index in [4.69, 9.17) is 0 Å². The van der Waals surface area contributed by atoms with Gasteiger partial charge in [-0.15, -0.1) is 6.58 Å². The van der Waals surface area contributed by atoms with Crippen LogP contribution in [-0.4, -0.2) is 5.78 Å². The van der Waals surface area contributed by atoms with Gasteiger partial charge < -0.3 is 4.79 Å². The number of hydrogen-bond donors (Lipinski definition) is 0. The van der Waals surface area contributed by atoms with Gasteiger partial charge in [0.2, 0.25) is 0 Å². The Morgan fingerprint density at radius 3 is 2.00 bits per heavy atom. The molecule has 0 aromatic rings. The molecule has 0 aromatic heterocycles. The van der Waals surface area contributed by atoms with Crippen molar-refractivity contribution in [2.24, 2.45) is 0 Å². The van der Waals surface area contributed by atoms with Crippen molar-refractivity contribution in [3.05, 3.63) is 12.2 Å². The van der Waals surface area contributed by atoms with E-state index in [0.29, 0.717) is 6.42 Å². The number of carbonyl (C=O) groups excluding carboxylic acids is 1. The summed E-state index contributed by atoms with van der Waals surface area (Å²) in [5.41, 5.74) is 1.08. The lowest BCUT2D eigenvalue weighted by Gasteiger charge is -1.91. The normalized spacial score (nSPS) is 8.75. The van der Waals surface area contributed by atoms with Crippen molar-refractivity contribution in [1.29, 1.82) is 0 Å². The lowest BCUT2D eigenvalue weighted by atomic mass is 10.1. The fraction of sp³-hybridized carbons (Fsp3) is 0.571. The van der Waals surface area contributed by atoms with E-state index < -0.39 is 0 Å². The van der Waals surface area contributed by atoms with E-state index in [2.05, 4.69) is 6.58 Å². The monoisotopic (exact) mass is 112 g/mol. The maximum atomic E-state index is 10.3. The highest BCUT2D eigenvalue weighted by Crippen LogP contribution is 1.99. The first-order valence-corrected chi connectivity index (χ1v) is 2.76. The minimum absolute atomic E-state index is 0.244. The highest BCUT2D eigenvalue weighted by molar-refractivity contribution is 5.75. The molecular formula is C7H12O. The highest BCUT2D eigenvalue weighted by atomic mass is 16.1. The van der Waals surface area contributed by atoms with E-state index >= 15 is 0 Å². The predicted octanol–water partition coefficient (Wildman–Crippen LogP) is 1.93. The van der Waals surface area contributed by atoms with E-state index in [-0.39, 0.29) is 5.78 Å². The Labute approximate surface area is 50.4 Å². The molecular weight excluding hydrogens is 100 g/mol. The van der Waals surface area contributed by atoms with Gasteiger partial charge in [-0.2, -0.15) is 0 Å². The Morgan fingerprint density at radius 1 is 1.38 bits per heavy atom. The Kier molecular flexibility index (Phi) is 3.16. The van der Waals surface area contributed by atoms with Crippen LogP contribution >= 0.6 is 0 Å². The molecule has 0 bridgehead atoms. The van der Waals surface area contributed by atoms with Crippen LogP contribution in [0.3, 0.4) is 0 Å². The molecule has 0 radical (unpaired) electrons. The molecule has 0 heterocycles. The largest absolute Gasteiger partial charge is 0.300 e. The number of carbonyl (C=O) groups is 1. The summed E-state index contributed by atoms with van der Waals surface area (Å²) in [7, 11) is 0. The second kappa shape index (κ2) is 3.42. The Balaban J connectivity index is 3.18. The maximum absolute atomic E-state index is 10.3. The van der Waals surface area contributed by atoms with Crippen LogP contribution in [-0.2, 0) is 4.79 Å². The van der Waals surface area contributed by atoms with Crippen LogP contribution in [0.25, 0.3) is 0 Å². The molecule has 0 fully saturated rings. The van der Waals surface area contributed by atoms with Gasteiger partial charge in [0.15, 0.2) is 0 Å². The average Bonchev–Trinajstić information content (AvgIpc) is 1.61. The molecule has 0 aromatic carbocycles. The molecule has 0 aliphatic carbocycles. The number of allylic oxidation sites excluding steroid dienone is 1. The fourth-order valence-corrected chi connectivity index (χ4v) is 0.389. The van der Waals surface area contributed by atoms with Gasteiger partial charge in [-0.25, -0.2) is 0 Å². The second-order valence-electron chi connectivity index (χ2n) is 2.16. The molecule has 0 unspecified atom stereocenters. The third-order valence-electron chi connectivity index (χ3n) is 0.904. The van der Waals surface area contributed by atoms with Crippen LogP contribution in [0.15, 0.2) is 12.2 Å². The van der Waals surface area contributed by atoms with Gasteiger partial charge in [0.25, 0.3) is 0 Å². The van der Waals surface area contributed by atoms with E-state index in [9.17, 15) is 4.79 Å². The topological polar surface area (TPSA) is 17.1 Å². The summed E-state index contributed by atoms with van der Waals surface area (Å²) in [4.78, 5) is 10.3. The van der Waals surface area contributed by atoms with Crippen molar-refractivity contribution < 1.29 is 4.79 Å². The highest BCUT2D eigenvalue weighted by Gasteiger charge is 1.90. The summed E-state index contributed by atoms with van der Waals surface area (Å²) in [5.74, 6) is 0.244. The van der Waals surface area contributed by atoms with Gasteiger partial charge in [-0.05, 0) is 20.3 Å². The summed E-state index contributed by atoms with van der Waals surface area (Å²) in [6.07, 6.45) is 1.49. The van der Waals surface area contributed by atoms with Gasteiger partial charge in [0, 0.05) is 6.42 Å². The Hall–Kier alpha value is -0.590. The van der Waals surface area contributed by atoms with Crippen LogP contribution in [0.5, 0.6) is 0 Å². The molecule has 46 valence electrons. The van der Waals surface area contributed by atoms with Gasteiger partial charge in [-0.1, -0.05) is 5.57 Å². The maximum Gasteiger partial charge on any atom is 0.130 e. The summed E-state index contributed by atoms with van der Waals surface area (Å²) >= 11 is 0. The van der Waals surface area contributed by atoms with Crippen LogP contribution < -0.4 is 0 Å². The number of hydrogen-bond acceptors (Lipinski definition) is 1. The lowest BCUT2D eigenvalue weighted by Crippen LogP contribution is -1.88. The van der Waals surface area contributed by atoms with Gasteiger partial charge in [0.1, 0.15) is 5.78 Å². The van der Waals surface area contributed by atoms with E-state index in [1.807, 2.05) is 6.92 Å². The zero-order valence-corrected chi connectivity index (χ0v) is 5.53. The molecule has 0 aliphatic heterocycles. The zero-order chi connectivity index (χ0) is 6.57. The molecule has 1 nitrogen and oxygen atoms in total. The minimum Gasteiger partial charge on any atom is -0.300 e. The molecule has 0 atom stereocenters. The van der Waals surface area contributed by atoms with Crippen molar-refractivity contribution in [1.82, 2.24) is 0 Å². The lowest BCUT2D eigenvalue weighted by molar-refractivity contribution is -0.116. The zero-order valence-electron chi connectivity index (χ0n) is 5.53. The van der Waals surface area contributed by atoms with Crippen molar-refractivity contribution in [3.63, 3.8) is 0 Å². The fourth-order valence-electron chi connectivity index (χ4n) is 0.389. The van der Waals surface area contributed by atoms with Crippen LogP contribution in [0, 0.1) is 0 Å². The third kappa shape index (κ3) is 5.41. The predicted molar refractivity (Wildman–Crippen MR) is 34.7 cm³/mol. The summed E-state index contributed by atoms with van der Waals surface area (Å²) in [6.45, 7) is 7.21. The Bertz CT molecular complexity index is 89.0. The first-order chi connectivity index (χ1) is 3.63. The van der Waals surface area contributed by atoms with Crippen molar-refractivity contribution in [3.8, 4) is 0 Å². The second-order valence-corrected chi connectivity index (χ2v) is 2.16. The van der Waals surface area contributed by atoms with Crippen LogP contribution in [0.1, 0.15) is 26.7 Å². The van der Waals surface area contributed by atoms with E-state index in [0.717, 1.165) is 12.0 Å². The van der Waals surface area contributed by atoms with E-state index in [1.165, 1.54) is 0 Å². The van der Waals surface area contributed by atoms with Crippen molar-refractivity contribution in [2.75, 3.05) is 0 Å². The first kappa shape index (κ1) is 7.41. The smallest absolute Gasteiger partial charge is 0.130 e. The molecule has 0 spiro atoms. The quantitative estimate of drug-likeness (QED) is 0.510. The molecule has 0 saturated heterocycles. The number of rotatable bonds is 3. The average molecular weight is 112 g/mol. The van der Waals surface area contributed by atoms with Gasteiger partial charge >= 0.3 is 0 Å². The molecule has 1 heteroatoms. The minimum atomic E-state index is 0.244. The van der Waals surface area contributed by atoms with E-state index in [1.54, 1.807) is 6.92 Å². The van der Waals surface area contributed by atoms with Gasteiger partial charge in [-0.3, -0.25) is 0 Å².